The molecule has 112 valence electrons. The van der Waals surface area contributed by atoms with Gasteiger partial charge in [-0.15, -0.1) is 0 Å². The molecule has 1 aliphatic heterocycles. The maximum absolute atomic E-state index is 11.7. The van der Waals surface area contributed by atoms with Crippen LogP contribution in [0.15, 0.2) is 17.1 Å². The van der Waals surface area contributed by atoms with Gasteiger partial charge in [0.15, 0.2) is 6.23 Å². The molecule has 0 amide bonds. The van der Waals surface area contributed by atoms with Gasteiger partial charge in [0.25, 0.3) is 0 Å². The van der Waals surface area contributed by atoms with Crippen molar-refractivity contribution in [2.24, 2.45) is 0 Å². The van der Waals surface area contributed by atoms with Crippen LogP contribution in [-0.4, -0.2) is 49.6 Å². The minimum absolute atomic E-state index is 0.00524. The van der Waals surface area contributed by atoms with E-state index in [9.17, 15) is 14.5 Å². The monoisotopic (exact) mass is 307 g/mol. The summed E-state index contributed by atoms with van der Waals surface area (Å²) < 4.78 is 21.6. The third kappa shape index (κ3) is 2.90. The summed E-state index contributed by atoms with van der Waals surface area (Å²) in [4.78, 5) is 23.9. The molecule has 2 heterocycles. The van der Waals surface area contributed by atoms with Crippen LogP contribution in [-0.2, 0) is 13.8 Å². The SMILES string of the molecule is Nc1ccn(C2OC(CO)C(O[PH](=O)O)C2O)c(=O)n1. The molecule has 1 aromatic heterocycles. The minimum Gasteiger partial charge on any atom is -0.394 e. The Morgan fingerprint density at radius 2 is 2.30 bits per heavy atom. The zero-order chi connectivity index (χ0) is 14.9. The molecule has 5 N–H and O–H groups in total. The van der Waals surface area contributed by atoms with Crippen LogP contribution in [0.5, 0.6) is 0 Å². The second-order valence-corrected chi connectivity index (χ2v) is 4.90. The number of nitrogen functional groups attached to an aromatic ring is 1. The summed E-state index contributed by atoms with van der Waals surface area (Å²) >= 11 is 0. The lowest BCUT2D eigenvalue weighted by atomic mass is 10.1. The Labute approximate surface area is 113 Å². The molecule has 0 radical (unpaired) electrons. The van der Waals surface area contributed by atoms with E-state index in [2.05, 4.69) is 9.51 Å². The second kappa shape index (κ2) is 6.00. The van der Waals surface area contributed by atoms with Gasteiger partial charge in [-0.3, -0.25) is 9.13 Å². The molecule has 0 bridgehead atoms. The zero-order valence-electron chi connectivity index (χ0n) is 10.1. The Bertz CT molecular complexity index is 565. The summed E-state index contributed by atoms with van der Waals surface area (Å²) in [5.74, 6) is 0.00524. The number of ether oxygens (including phenoxy) is 1. The largest absolute Gasteiger partial charge is 0.394 e. The van der Waals surface area contributed by atoms with Gasteiger partial charge in [0.05, 0.1) is 6.61 Å². The summed E-state index contributed by atoms with van der Waals surface area (Å²) in [6.45, 7) is -0.551. The minimum atomic E-state index is -3.34. The van der Waals surface area contributed by atoms with Crippen LogP contribution >= 0.6 is 8.25 Å². The molecule has 10 nitrogen and oxygen atoms in total. The summed E-state index contributed by atoms with van der Waals surface area (Å²) in [5.41, 5.74) is 4.58. The Morgan fingerprint density at radius 3 is 2.85 bits per heavy atom. The third-order valence-corrected chi connectivity index (χ3v) is 3.33. The molecule has 11 heteroatoms. The molecule has 0 saturated carbocycles. The number of nitrogens with two attached hydrogens (primary N) is 1. The number of aliphatic hydroxyl groups excluding tert-OH is 2. The molecule has 1 fully saturated rings. The van der Waals surface area contributed by atoms with Gasteiger partial charge in [0, 0.05) is 6.20 Å². The first-order chi connectivity index (χ1) is 9.43. The first-order valence-electron chi connectivity index (χ1n) is 5.62. The van der Waals surface area contributed by atoms with E-state index in [1.54, 1.807) is 0 Å². The number of rotatable bonds is 4. The van der Waals surface area contributed by atoms with E-state index in [-0.39, 0.29) is 5.82 Å². The Kier molecular flexibility index (Phi) is 4.53. The van der Waals surface area contributed by atoms with Crippen molar-refractivity contribution in [3.8, 4) is 0 Å². The maximum atomic E-state index is 11.7. The first kappa shape index (κ1) is 15.1. The lowest BCUT2D eigenvalue weighted by molar-refractivity contribution is -0.0544. The van der Waals surface area contributed by atoms with Crippen LogP contribution in [0.3, 0.4) is 0 Å². The van der Waals surface area contributed by atoms with E-state index in [4.69, 9.17) is 20.5 Å². The normalized spacial score (nSPS) is 31.4. The molecule has 20 heavy (non-hydrogen) atoms. The van der Waals surface area contributed by atoms with Gasteiger partial charge < -0.3 is 30.1 Å². The number of hydrogen-bond acceptors (Lipinski definition) is 8. The van der Waals surface area contributed by atoms with Gasteiger partial charge >= 0.3 is 13.9 Å². The molecule has 1 aromatic rings. The summed E-state index contributed by atoms with van der Waals surface area (Å²) in [5, 5.41) is 19.2. The molecule has 5 atom stereocenters. The van der Waals surface area contributed by atoms with Crippen LogP contribution in [0.25, 0.3) is 0 Å². The van der Waals surface area contributed by atoms with E-state index < -0.39 is 45.1 Å². The fourth-order valence-electron chi connectivity index (χ4n) is 1.98. The molecule has 5 unspecified atom stereocenters. The van der Waals surface area contributed by atoms with Gasteiger partial charge in [0.1, 0.15) is 24.1 Å². The highest BCUT2D eigenvalue weighted by Crippen LogP contribution is 2.34. The van der Waals surface area contributed by atoms with Gasteiger partial charge in [-0.2, -0.15) is 4.98 Å². The van der Waals surface area contributed by atoms with E-state index in [0.29, 0.717) is 0 Å². The fraction of sp³-hybridized carbons (Fsp3) is 0.556. The van der Waals surface area contributed by atoms with Crippen LogP contribution in [0.1, 0.15) is 6.23 Å². The van der Waals surface area contributed by atoms with Crippen LogP contribution in [0.4, 0.5) is 5.82 Å². The van der Waals surface area contributed by atoms with Crippen molar-refractivity contribution in [3.05, 3.63) is 22.7 Å². The highest BCUT2D eigenvalue weighted by molar-refractivity contribution is 7.32. The first-order valence-corrected chi connectivity index (χ1v) is 6.89. The average Bonchev–Trinajstić information content (AvgIpc) is 2.67. The lowest BCUT2D eigenvalue weighted by Crippen LogP contribution is -2.36. The zero-order valence-corrected chi connectivity index (χ0v) is 11.1. The molecular formula is C9H14N3O7P. The number of hydrogen-bond donors (Lipinski definition) is 4. The second-order valence-electron chi connectivity index (χ2n) is 4.13. The highest BCUT2D eigenvalue weighted by atomic mass is 31.1. The molecule has 0 aliphatic carbocycles. The van der Waals surface area contributed by atoms with Crippen LogP contribution in [0, 0.1) is 0 Å². The van der Waals surface area contributed by atoms with Gasteiger partial charge in [-0.25, -0.2) is 4.79 Å². The van der Waals surface area contributed by atoms with Crippen molar-refractivity contribution < 1.29 is 28.9 Å². The van der Waals surface area contributed by atoms with Crippen LogP contribution in [0.2, 0.25) is 0 Å². The van der Waals surface area contributed by atoms with E-state index in [1.807, 2.05) is 0 Å². The Hall–Kier alpha value is -1.29. The maximum Gasteiger partial charge on any atom is 0.351 e. The van der Waals surface area contributed by atoms with E-state index in [1.165, 1.54) is 12.3 Å². The van der Waals surface area contributed by atoms with Crippen molar-refractivity contribution in [3.63, 3.8) is 0 Å². The number of aromatic nitrogens is 2. The van der Waals surface area contributed by atoms with Crippen molar-refractivity contribution in [2.45, 2.75) is 24.5 Å². The molecule has 1 aliphatic rings. The van der Waals surface area contributed by atoms with Gasteiger partial charge in [-0.1, -0.05) is 0 Å². The quantitative estimate of drug-likeness (QED) is 0.455. The predicted molar refractivity (Wildman–Crippen MR) is 66.0 cm³/mol. The fourth-order valence-corrected chi connectivity index (χ4v) is 2.50. The average molecular weight is 307 g/mol. The van der Waals surface area contributed by atoms with Crippen molar-refractivity contribution in [1.82, 2.24) is 9.55 Å². The van der Waals surface area contributed by atoms with Crippen LogP contribution < -0.4 is 11.4 Å². The van der Waals surface area contributed by atoms with Crippen molar-refractivity contribution in [2.75, 3.05) is 12.3 Å². The number of anilines is 1. The molecule has 0 spiro atoms. The molecule has 1 saturated heterocycles. The highest BCUT2D eigenvalue weighted by Gasteiger charge is 2.46. The van der Waals surface area contributed by atoms with E-state index >= 15 is 0 Å². The van der Waals surface area contributed by atoms with Crippen molar-refractivity contribution >= 4 is 14.1 Å². The number of aliphatic hydroxyl groups is 2. The molecule has 0 aromatic carbocycles. The summed E-state index contributed by atoms with van der Waals surface area (Å²) in [6, 6.07) is 1.33. The lowest BCUT2D eigenvalue weighted by Gasteiger charge is -2.18. The summed E-state index contributed by atoms with van der Waals surface area (Å²) in [6.07, 6.45) is -3.63. The molecule has 2 rings (SSSR count). The van der Waals surface area contributed by atoms with E-state index in [0.717, 1.165) is 4.57 Å². The standard InChI is InChI=1S/C9H14N3O7P/c10-5-1-2-12(9(15)11-5)8-6(14)7(19-20(16)17)4(3-13)18-8/h1-2,4,6-8,13-14,20H,3H2,(H,16,17)(H2,10,11,15). The predicted octanol–water partition coefficient (Wildman–Crippen LogP) is -2.16. The van der Waals surface area contributed by atoms with Gasteiger partial charge in [0.2, 0.25) is 0 Å². The third-order valence-electron chi connectivity index (χ3n) is 2.85. The molecular weight excluding hydrogens is 293 g/mol. The Balaban J connectivity index is 2.29. The van der Waals surface area contributed by atoms with Gasteiger partial charge in [-0.05, 0) is 6.07 Å². The smallest absolute Gasteiger partial charge is 0.351 e. The Morgan fingerprint density at radius 1 is 1.60 bits per heavy atom. The summed E-state index contributed by atoms with van der Waals surface area (Å²) in [7, 11) is -3.34. The van der Waals surface area contributed by atoms with Crippen molar-refractivity contribution in [1.29, 1.82) is 0 Å². The number of nitrogens with zero attached hydrogens (tertiary/aromatic N) is 2. The topological polar surface area (TPSA) is 157 Å².